The highest BCUT2D eigenvalue weighted by atomic mass is 16.5. The monoisotopic (exact) mass is 365 g/mol. The van der Waals surface area contributed by atoms with Crippen LogP contribution in [0.4, 0.5) is 5.69 Å². The van der Waals surface area contributed by atoms with Gasteiger partial charge in [0, 0.05) is 12.3 Å². The van der Waals surface area contributed by atoms with E-state index in [4.69, 9.17) is 14.2 Å². The number of ether oxygens (including phenoxy) is 3. The van der Waals surface area contributed by atoms with E-state index < -0.39 is 11.6 Å². The van der Waals surface area contributed by atoms with Gasteiger partial charge in [-0.05, 0) is 52.3 Å². The Morgan fingerprint density at radius 1 is 1.08 bits per heavy atom. The van der Waals surface area contributed by atoms with Crippen LogP contribution in [0.1, 0.15) is 64.2 Å². The number of anilines is 1. The summed E-state index contributed by atoms with van der Waals surface area (Å²) in [5.41, 5.74) is -0.116. The molecule has 26 heavy (non-hydrogen) atoms. The number of nitrogens with one attached hydrogen (secondary N) is 1. The third kappa shape index (κ3) is 6.02. The molecule has 6 nitrogen and oxygen atoms in total. The zero-order chi connectivity index (χ0) is 19.6. The normalized spacial score (nSPS) is 13.0. The fourth-order valence-corrected chi connectivity index (χ4v) is 2.60. The minimum atomic E-state index is -0.909. The topological polar surface area (TPSA) is 73.9 Å². The largest absolute Gasteiger partial charge is 0.493 e. The van der Waals surface area contributed by atoms with Crippen molar-refractivity contribution < 1.29 is 23.8 Å². The fraction of sp³-hybridized carbons (Fsp3) is 0.600. The zero-order valence-electron chi connectivity index (χ0n) is 16.5. The van der Waals surface area contributed by atoms with E-state index in [1.54, 1.807) is 32.0 Å². The fourth-order valence-electron chi connectivity index (χ4n) is 2.60. The van der Waals surface area contributed by atoms with Crippen molar-refractivity contribution in [1.29, 1.82) is 0 Å². The molecule has 0 aromatic heterocycles. The van der Waals surface area contributed by atoms with Crippen LogP contribution in [0.15, 0.2) is 18.2 Å². The lowest BCUT2D eigenvalue weighted by Gasteiger charge is -2.28. The first kappa shape index (κ1) is 22.0. The van der Waals surface area contributed by atoms with Crippen LogP contribution < -0.4 is 10.1 Å². The minimum absolute atomic E-state index is 0.230. The van der Waals surface area contributed by atoms with Gasteiger partial charge in [0.05, 0.1) is 13.2 Å². The highest BCUT2D eigenvalue weighted by Gasteiger charge is 2.33. The molecule has 1 N–H and O–H groups in total. The van der Waals surface area contributed by atoms with Crippen LogP contribution in [-0.4, -0.2) is 37.3 Å². The van der Waals surface area contributed by atoms with Crippen LogP contribution in [-0.2, 0) is 14.3 Å². The lowest BCUT2D eigenvalue weighted by molar-refractivity contribution is -0.139. The molecular weight excluding hydrogens is 334 g/mol. The van der Waals surface area contributed by atoms with E-state index in [-0.39, 0.29) is 18.1 Å². The van der Waals surface area contributed by atoms with Crippen molar-refractivity contribution in [3.63, 3.8) is 0 Å². The van der Waals surface area contributed by atoms with Gasteiger partial charge in [0.1, 0.15) is 16.9 Å². The first-order chi connectivity index (χ1) is 12.4. The lowest BCUT2D eigenvalue weighted by atomic mass is 9.97. The number of hydrogen-bond donors (Lipinski definition) is 1. The van der Waals surface area contributed by atoms with E-state index in [0.29, 0.717) is 31.1 Å². The number of carbonyl (C=O) groups is 2. The van der Waals surface area contributed by atoms with E-state index >= 15 is 0 Å². The molecule has 0 aliphatic heterocycles. The Bertz CT molecular complexity index is 602. The second-order valence-corrected chi connectivity index (χ2v) is 6.09. The number of hydrogen-bond acceptors (Lipinski definition) is 5. The highest BCUT2D eigenvalue weighted by Crippen LogP contribution is 2.26. The summed E-state index contributed by atoms with van der Waals surface area (Å²) in [5, 5.41) is 2.86. The van der Waals surface area contributed by atoms with Gasteiger partial charge in [-0.3, -0.25) is 4.79 Å². The molecule has 0 fully saturated rings. The molecule has 1 atom stereocenters. The van der Waals surface area contributed by atoms with E-state index in [0.717, 1.165) is 12.8 Å². The number of rotatable bonds is 11. The van der Waals surface area contributed by atoms with Crippen LogP contribution >= 0.6 is 0 Å². The smallest absolute Gasteiger partial charge is 0.341 e. The summed E-state index contributed by atoms with van der Waals surface area (Å²) in [6.45, 7) is 10.5. The summed E-state index contributed by atoms with van der Waals surface area (Å²) in [4.78, 5) is 24.9. The van der Waals surface area contributed by atoms with Crippen molar-refractivity contribution in [2.24, 2.45) is 0 Å². The molecule has 146 valence electrons. The van der Waals surface area contributed by atoms with Gasteiger partial charge in [-0.1, -0.05) is 19.8 Å². The highest BCUT2D eigenvalue weighted by molar-refractivity contribution is 5.99. The van der Waals surface area contributed by atoms with Crippen molar-refractivity contribution in [3.8, 4) is 5.75 Å². The number of esters is 1. The number of benzene rings is 1. The minimum Gasteiger partial charge on any atom is -0.493 e. The summed E-state index contributed by atoms with van der Waals surface area (Å²) in [7, 11) is 0. The zero-order valence-corrected chi connectivity index (χ0v) is 16.5. The average molecular weight is 365 g/mol. The van der Waals surface area contributed by atoms with Gasteiger partial charge in [-0.15, -0.1) is 0 Å². The van der Waals surface area contributed by atoms with Crippen LogP contribution in [0, 0.1) is 0 Å². The number of unbranched alkanes of at least 4 members (excludes halogenated alkanes) is 1. The maximum absolute atomic E-state index is 12.8. The summed E-state index contributed by atoms with van der Waals surface area (Å²) < 4.78 is 16.3. The van der Waals surface area contributed by atoms with Crippen molar-refractivity contribution in [1.82, 2.24) is 0 Å². The predicted octanol–water partition coefficient (Wildman–Crippen LogP) is 4.19. The third-order valence-corrected chi connectivity index (χ3v) is 3.98. The Hall–Kier alpha value is -2.08. The Kier molecular flexibility index (Phi) is 9.13. The van der Waals surface area contributed by atoms with Gasteiger partial charge < -0.3 is 19.5 Å². The van der Waals surface area contributed by atoms with Crippen molar-refractivity contribution >= 4 is 17.6 Å². The number of carbonyl (C=O) groups excluding carboxylic acids is 2. The molecule has 1 amide bonds. The number of amides is 1. The van der Waals surface area contributed by atoms with E-state index in [2.05, 4.69) is 12.2 Å². The van der Waals surface area contributed by atoms with Gasteiger partial charge in [0.2, 0.25) is 0 Å². The standard InChI is InChI=1S/C20H31NO5/c1-6-10-13-20(5,26-9-4)19(23)21-15-11-12-17(24-7-2)16(14-15)18(22)25-8-3/h11-12,14H,6-10,13H2,1-5H3,(H,21,23). The van der Waals surface area contributed by atoms with Crippen molar-refractivity contribution in [2.75, 3.05) is 25.1 Å². The maximum Gasteiger partial charge on any atom is 0.341 e. The second-order valence-electron chi connectivity index (χ2n) is 6.09. The van der Waals surface area contributed by atoms with Crippen molar-refractivity contribution in [3.05, 3.63) is 23.8 Å². The van der Waals surface area contributed by atoms with Crippen LogP contribution in [0.3, 0.4) is 0 Å². The van der Waals surface area contributed by atoms with E-state index in [1.807, 2.05) is 13.8 Å². The van der Waals surface area contributed by atoms with Gasteiger partial charge in [0.25, 0.3) is 5.91 Å². The molecule has 1 rings (SSSR count). The van der Waals surface area contributed by atoms with Crippen LogP contribution in [0.25, 0.3) is 0 Å². The molecule has 6 heteroatoms. The SMILES string of the molecule is CCCCC(C)(OCC)C(=O)Nc1ccc(OCC)c(C(=O)OCC)c1. The van der Waals surface area contributed by atoms with Gasteiger partial charge in [0.15, 0.2) is 0 Å². The predicted molar refractivity (Wildman–Crippen MR) is 102 cm³/mol. The summed E-state index contributed by atoms with van der Waals surface area (Å²) >= 11 is 0. The third-order valence-electron chi connectivity index (χ3n) is 3.98. The second kappa shape index (κ2) is 10.8. The van der Waals surface area contributed by atoms with E-state index in [9.17, 15) is 9.59 Å². The lowest BCUT2D eigenvalue weighted by Crippen LogP contribution is -2.42. The summed E-state index contributed by atoms with van der Waals surface area (Å²) in [5.74, 6) is -0.278. The van der Waals surface area contributed by atoms with Crippen molar-refractivity contribution in [2.45, 2.75) is 59.5 Å². The summed E-state index contributed by atoms with van der Waals surface area (Å²) in [6.07, 6.45) is 2.50. The molecule has 0 aliphatic carbocycles. The molecule has 1 aromatic carbocycles. The molecule has 0 saturated heterocycles. The molecule has 0 heterocycles. The first-order valence-electron chi connectivity index (χ1n) is 9.31. The molecule has 0 radical (unpaired) electrons. The van der Waals surface area contributed by atoms with E-state index in [1.165, 1.54) is 0 Å². The Labute approximate surface area is 156 Å². The van der Waals surface area contributed by atoms with Crippen LogP contribution in [0.5, 0.6) is 5.75 Å². The quantitative estimate of drug-likeness (QED) is 0.595. The van der Waals surface area contributed by atoms with Gasteiger partial charge in [-0.2, -0.15) is 0 Å². The Balaban J connectivity index is 3.05. The Morgan fingerprint density at radius 3 is 2.38 bits per heavy atom. The maximum atomic E-state index is 12.8. The average Bonchev–Trinajstić information content (AvgIpc) is 2.61. The van der Waals surface area contributed by atoms with Gasteiger partial charge in [-0.25, -0.2) is 4.79 Å². The van der Waals surface area contributed by atoms with Gasteiger partial charge >= 0.3 is 5.97 Å². The first-order valence-corrected chi connectivity index (χ1v) is 9.31. The molecule has 1 unspecified atom stereocenters. The summed E-state index contributed by atoms with van der Waals surface area (Å²) in [6, 6.07) is 4.94. The molecule has 0 bridgehead atoms. The Morgan fingerprint density at radius 2 is 1.81 bits per heavy atom. The molecular formula is C20H31NO5. The molecule has 0 spiro atoms. The van der Waals surface area contributed by atoms with Crippen LogP contribution in [0.2, 0.25) is 0 Å². The molecule has 0 saturated carbocycles. The molecule has 1 aromatic rings. The molecule has 0 aliphatic rings.